The summed E-state index contributed by atoms with van der Waals surface area (Å²) in [6.45, 7) is 9.80. The van der Waals surface area contributed by atoms with Gasteiger partial charge in [-0.3, -0.25) is 0 Å². The molecule has 0 spiro atoms. The Morgan fingerprint density at radius 2 is 1.44 bits per heavy atom. The zero-order valence-corrected chi connectivity index (χ0v) is 16.0. The van der Waals surface area contributed by atoms with Crippen LogP contribution in [-0.4, -0.2) is 11.0 Å². The molecule has 0 saturated carbocycles. The second-order valence-corrected chi connectivity index (χ2v) is 6.24. The van der Waals surface area contributed by atoms with Crippen molar-refractivity contribution in [3.63, 3.8) is 0 Å². The summed E-state index contributed by atoms with van der Waals surface area (Å²) in [5.74, 6) is 1.68. The summed E-state index contributed by atoms with van der Waals surface area (Å²) in [6, 6.07) is 24.7. The van der Waals surface area contributed by atoms with Crippen molar-refractivity contribution in [1.29, 1.82) is 0 Å². The van der Waals surface area contributed by atoms with Crippen LogP contribution < -0.4 is 4.74 Å². The molecule has 0 unspecified atom stereocenters. The summed E-state index contributed by atoms with van der Waals surface area (Å²) in [4.78, 5) is 4.49. The van der Waals surface area contributed by atoms with E-state index in [1.165, 1.54) is 5.56 Å². The molecule has 3 rings (SSSR count). The van der Waals surface area contributed by atoms with E-state index in [0.29, 0.717) is 11.6 Å². The van der Waals surface area contributed by atoms with Gasteiger partial charge in [-0.25, -0.2) is 4.99 Å². The molecular weight excluding hydrogens is 334 g/mol. The highest BCUT2D eigenvalue weighted by atomic mass is 16.5. The monoisotopic (exact) mass is 359 g/mol. The molecule has 3 aromatic carbocycles. The van der Waals surface area contributed by atoms with Gasteiger partial charge in [-0.1, -0.05) is 60.7 Å². The smallest absolute Gasteiger partial charge is 0.222 e. The van der Waals surface area contributed by atoms with E-state index >= 15 is 0 Å². The predicted molar refractivity (Wildman–Crippen MR) is 113 cm³/mol. The van der Waals surface area contributed by atoms with Gasteiger partial charge in [-0.05, 0) is 56.7 Å². The fraction of sp³-hybridized carbons (Fsp3) is 0.125. The zero-order valence-electron chi connectivity index (χ0n) is 16.0. The number of ether oxygens (including phenoxy) is 1. The van der Waals surface area contributed by atoms with Crippen LogP contribution in [-0.2, 0) is 0 Å². The lowest BCUT2D eigenvalue weighted by Gasteiger charge is -2.10. The first-order valence-corrected chi connectivity index (χ1v) is 8.74. The number of benzene rings is 3. The highest BCUT2D eigenvalue weighted by Crippen LogP contribution is 2.20. The molecule has 0 bridgehead atoms. The summed E-state index contributed by atoms with van der Waals surface area (Å²) in [5, 5.41) is 8.76. The van der Waals surface area contributed by atoms with E-state index in [9.17, 15) is 0 Å². The standard InChI is InChI=1S/C17H17NO.C7H8O/c1-13(2)17(18-15-10-5-4-6-11-15)19-16-12-8-7-9-14(16)3;1-6-2-4-7(8)5-3-6/h4-12H,1H2,2-3H3;2-5,8H,1H3. The van der Waals surface area contributed by atoms with Gasteiger partial charge in [0.1, 0.15) is 11.5 Å². The molecule has 0 aliphatic heterocycles. The number of para-hydroxylation sites is 2. The molecule has 0 amide bonds. The lowest BCUT2D eigenvalue weighted by atomic mass is 10.2. The highest BCUT2D eigenvalue weighted by molar-refractivity contribution is 5.95. The second-order valence-electron chi connectivity index (χ2n) is 6.24. The van der Waals surface area contributed by atoms with Gasteiger partial charge in [0.25, 0.3) is 0 Å². The largest absolute Gasteiger partial charge is 0.508 e. The maximum Gasteiger partial charge on any atom is 0.222 e. The molecule has 0 fully saturated rings. The Morgan fingerprint density at radius 3 is 2.00 bits per heavy atom. The molecule has 0 radical (unpaired) electrons. The van der Waals surface area contributed by atoms with Gasteiger partial charge in [0, 0.05) is 5.57 Å². The molecule has 0 atom stereocenters. The summed E-state index contributed by atoms with van der Waals surface area (Å²) >= 11 is 0. The maximum atomic E-state index is 8.76. The Bertz CT molecular complexity index is 876. The lowest BCUT2D eigenvalue weighted by molar-refractivity contribution is 0.475. The average Bonchev–Trinajstić information content (AvgIpc) is 2.66. The molecule has 0 aromatic heterocycles. The predicted octanol–water partition coefficient (Wildman–Crippen LogP) is 6.38. The Hall–Kier alpha value is -3.33. The van der Waals surface area contributed by atoms with Crippen molar-refractivity contribution >= 4 is 11.6 Å². The van der Waals surface area contributed by atoms with E-state index < -0.39 is 0 Å². The summed E-state index contributed by atoms with van der Waals surface area (Å²) in [6.07, 6.45) is 0. The minimum absolute atomic E-state index is 0.329. The minimum atomic E-state index is 0.329. The normalized spacial score (nSPS) is 10.6. The van der Waals surface area contributed by atoms with Crippen LogP contribution in [0.15, 0.2) is 96.0 Å². The summed E-state index contributed by atoms with van der Waals surface area (Å²) in [5.41, 5.74) is 3.90. The number of aryl methyl sites for hydroxylation is 2. The molecule has 0 aliphatic rings. The number of aliphatic imine (C=N–C) groups is 1. The van der Waals surface area contributed by atoms with E-state index in [4.69, 9.17) is 9.84 Å². The topological polar surface area (TPSA) is 41.8 Å². The van der Waals surface area contributed by atoms with Crippen LogP contribution in [0.4, 0.5) is 5.69 Å². The van der Waals surface area contributed by atoms with Crippen molar-refractivity contribution in [1.82, 2.24) is 0 Å². The Labute approximate surface area is 161 Å². The Balaban J connectivity index is 0.000000273. The van der Waals surface area contributed by atoms with Crippen LogP contribution in [0.25, 0.3) is 0 Å². The van der Waals surface area contributed by atoms with Crippen molar-refractivity contribution in [2.75, 3.05) is 0 Å². The van der Waals surface area contributed by atoms with Crippen molar-refractivity contribution in [2.24, 2.45) is 4.99 Å². The third kappa shape index (κ3) is 6.83. The fourth-order valence-electron chi connectivity index (χ4n) is 2.15. The molecule has 3 nitrogen and oxygen atoms in total. The van der Waals surface area contributed by atoms with E-state index in [1.807, 2.05) is 87.5 Å². The van der Waals surface area contributed by atoms with Crippen molar-refractivity contribution in [3.05, 3.63) is 102 Å². The molecule has 3 heteroatoms. The van der Waals surface area contributed by atoms with Crippen molar-refractivity contribution in [2.45, 2.75) is 20.8 Å². The number of hydrogen-bond donors (Lipinski definition) is 1. The summed E-state index contributed by atoms with van der Waals surface area (Å²) in [7, 11) is 0. The highest BCUT2D eigenvalue weighted by Gasteiger charge is 2.06. The van der Waals surface area contributed by atoms with Gasteiger partial charge >= 0.3 is 0 Å². The number of phenolic OH excluding ortho intramolecular Hbond substituents is 1. The quantitative estimate of drug-likeness (QED) is 0.435. The second kappa shape index (κ2) is 9.97. The Kier molecular flexibility index (Phi) is 7.38. The van der Waals surface area contributed by atoms with Gasteiger partial charge in [0.15, 0.2) is 0 Å². The van der Waals surface area contributed by atoms with E-state index in [2.05, 4.69) is 11.6 Å². The molecule has 0 heterocycles. The number of hydrogen-bond acceptors (Lipinski definition) is 3. The Morgan fingerprint density at radius 1 is 0.852 bits per heavy atom. The molecular formula is C24H25NO2. The van der Waals surface area contributed by atoms with Crippen molar-refractivity contribution in [3.8, 4) is 11.5 Å². The van der Waals surface area contributed by atoms with Gasteiger partial charge in [-0.15, -0.1) is 0 Å². The zero-order chi connectivity index (χ0) is 19.6. The molecule has 0 saturated heterocycles. The van der Waals surface area contributed by atoms with Gasteiger partial charge in [0.2, 0.25) is 5.90 Å². The van der Waals surface area contributed by atoms with Crippen LogP contribution in [0, 0.1) is 13.8 Å². The number of phenols is 1. The lowest BCUT2D eigenvalue weighted by Crippen LogP contribution is -2.09. The number of nitrogens with zero attached hydrogens (tertiary/aromatic N) is 1. The first-order chi connectivity index (χ1) is 13.0. The van der Waals surface area contributed by atoms with Crippen LogP contribution in [0.1, 0.15) is 18.1 Å². The maximum absolute atomic E-state index is 8.76. The molecule has 0 aliphatic carbocycles. The molecule has 1 N–H and O–H groups in total. The first kappa shape index (κ1) is 20.0. The SMILES string of the molecule is C=C(C)C(=Nc1ccccc1)Oc1ccccc1C.Cc1ccc(O)cc1. The molecule has 27 heavy (non-hydrogen) atoms. The van der Waals surface area contributed by atoms with Crippen molar-refractivity contribution < 1.29 is 9.84 Å². The van der Waals surface area contributed by atoms with Crippen LogP contribution in [0.5, 0.6) is 11.5 Å². The van der Waals surface area contributed by atoms with Gasteiger partial charge in [0.05, 0.1) is 5.69 Å². The van der Waals surface area contributed by atoms with Gasteiger partial charge in [-0.2, -0.15) is 0 Å². The fourth-order valence-corrected chi connectivity index (χ4v) is 2.15. The number of aromatic hydroxyl groups is 1. The van der Waals surface area contributed by atoms with E-state index in [-0.39, 0.29) is 0 Å². The van der Waals surface area contributed by atoms with E-state index in [0.717, 1.165) is 22.6 Å². The molecule has 138 valence electrons. The minimum Gasteiger partial charge on any atom is -0.508 e. The van der Waals surface area contributed by atoms with Crippen LogP contribution >= 0.6 is 0 Å². The van der Waals surface area contributed by atoms with Crippen LogP contribution in [0.2, 0.25) is 0 Å². The average molecular weight is 359 g/mol. The summed E-state index contributed by atoms with van der Waals surface area (Å²) < 4.78 is 5.86. The third-order valence-corrected chi connectivity index (χ3v) is 3.69. The van der Waals surface area contributed by atoms with E-state index in [1.54, 1.807) is 12.1 Å². The number of rotatable bonds is 3. The van der Waals surface area contributed by atoms with Gasteiger partial charge < -0.3 is 9.84 Å². The molecule has 3 aromatic rings. The van der Waals surface area contributed by atoms with Crippen LogP contribution in [0.3, 0.4) is 0 Å². The first-order valence-electron chi connectivity index (χ1n) is 8.74. The third-order valence-electron chi connectivity index (χ3n) is 3.69.